The van der Waals surface area contributed by atoms with Gasteiger partial charge in [-0.3, -0.25) is 4.79 Å². The number of alkyl halides is 3. The van der Waals surface area contributed by atoms with Crippen molar-refractivity contribution in [3.05, 3.63) is 56.5 Å². The van der Waals surface area contributed by atoms with Crippen LogP contribution in [-0.4, -0.2) is 9.97 Å². The molecule has 0 atom stereocenters. The highest BCUT2D eigenvalue weighted by molar-refractivity contribution is 9.10. The van der Waals surface area contributed by atoms with Gasteiger partial charge < -0.3 is 10.3 Å². The van der Waals surface area contributed by atoms with Crippen LogP contribution in [0.25, 0.3) is 0 Å². The predicted molar refractivity (Wildman–Crippen MR) is 71.3 cm³/mol. The summed E-state index contributed by atoms with van der Waals surface area (Å²) in [5, 5.41) is 2.70. The maximum Gasteiger partial charge on any atom is 0.416 e. The summed E-state index contributed by atoms with van der Waals surface area (Å²) in [5.41, 5.74) is -1.05. The Labute approximate surface area is 120 Å². The first kappa shape index (κ1) is 14.6. The van der Waals surface area contributed by atoms with Crippen LogP contribution in [0.15, 0.2) is 39.9 Å². The first-order valence-corrected chi connectivity index (χ1v) is 6.31. The summed E-state index contributed by atoms with van der Waals surface area (Å²) in [6.07, 6.45) is -3.25. The third kappa shape index (κ3) is 3.19. The van der Waals surface area contributed by atoms with Crippen LogP contribution in [0.2, 0.25) is 0 Å². The Morgan fingerprint density at radius 2 is 2.00 bits per heavy atom. The molecular formula is C12H9BrF3N3O. The Hall–Kier alpha value is -1.83. The van der Waals surface area contributed by atoms with Gasteiger partial charge in [0.1, 0.15) is 10.3 Å². The van der Waals surface area contributed by atoms with Gasteiger partial charge in [-0.2, -0.15) is 13.2 Å². The standard InChI is InChI=1S/C12H9BrF3N3O/c13-9-10(18-6-19-11(9)20)17-5-7-3-1-2-4-8(7)12(14,15)16/h1-4,6H,5H2,(H2,17,18,19,20). The van der Waals surface area contributed by atoms with E-state index in [1.54, 1.807) is 0 Å². The highest BCUT2D eigenvalue weighted by Crippen LogP contribution is 2.32. The highest BCUT2D eigenvalue weighted by atomic mass is 79.9. The van der Waals surface area contributed by atoms with Crippen molar-refractivity contribution in [3.8, 4) is 0 Å². The molecule has 20 heavy (non-hydrogen) atoms. The second-order valence-corrected chi connectivity index (χ2v) is 4.70. The van der Waals surface area contributed by atoms with Crippen LogP contribution >= 0.6 is 15.9 Å². The van der Waals surface area contributed by atoms with Crippen LogP contribution in [0.4, 0.5) is 19.0 Å². The van der Waals surface area contributed by atoms with Crippen molar-refractivity contribution in [2.75, 3.05) is 5.32 Å². The van der Waals surface area contributed by atoms with Crippen LogP contribution in [0.3, 0.4) is 0 Å². The zero-order valence-electron chi connectivity index (χ0n) is 9.96. The van der Waals surface area contributed by atoms with Crippen molar-refractivity contribution in [1.29, 1.82) is 0 Å². The van der Waals surface area contributed by atoms with Gasteiger partial charge in [-0.1, -0.05) is 18.2 Å². The third-order valence-corrected chi connectivity index (χ3v) is 3.30. The van der Waals surface area contributed by atoms with Gasteiger partial charge in [0.05, 0.1) is 11.9 Å². The molecule has 1 aromatic heterocycles. The number of nitrogens with zero attached hydrogens (tertiary/aromatic N) is 1. The minimum atomic E-state index is -4.42. The summed E-state index contributed by atoms with van der Waals surface area (Å²) in [7, 11) is 0. The molecule has 2 N–H and O–H groups in total. The van der Waals surface area contributed by atoms with Crippen molar-refractivity contribution in [3.63, 3.8) is 0 Å². The molecular weight excluding hydrogens is 339 g/mol. The summed E-state index contributed by atoms with van der Waals surface area (Å²) in [6.45, 7) is -0.0925. The SMILES string of the molecule is O=c1[nH]cnc(NCc2ccccc2C(F)(F)F)c1Br. The average Bonchev–Trinajstić information content (AvgIpc) is 2.40. The van der Waals surface area contributed by atoms with E-state index in [0.717, 1.165) is 6.07 Å². The lowest BCUT2D eigenvalue weighted by Crippen LogP contribution is -2.14. The van der Waals surface area contributed by atoms with E-state index in [-0.39, 0.29) is 22.4 Å². The monoisotopic (exact) mass is 347 g/mol. The minimum absolute atomic E-state index is 0.0778. The number of benzene rings is 1. The molecule has 2 rings (SSSR count). The van der Waals surface area contributed by atoms with Crippen molar-refractivity contribution in [1.82, 2.24) is 9.97 Å². The number of anilines is 1. The Balaban J connectivity index is 2.24. The first-order valence-electron chi connectivity index (χ1n) is 5.51. The fourth-order valence-electron chi connectivity index (χ4n) is 1.64. The quantitative estimate of drug-likeness (QED) is 0.896. The van der Waals surface area contributed by atoms with Crippen molar-refractivity contribution in [2.24, 2.45) is 0 Å². The van der Waals surface area contributed by atoms with Crippen molar-refractivity contribution in [2.45, 2.75) is 12.7 Å². The Morgan fingerprint density at radius 3 is 2.70 bits per heavy atom. The van der Waals surface area contributed by atoms with E-state index in [9.17, 15) is 18.0 Å². The van der Waals surface area contributed by atoms with E-state index < -0.39 is 17.3 Å². The first-order chi connectivity index (χ1) is 9.39. The fraction of sp³-hybridized carbons (Fsp3) is 0.167. The summed E-state index contributed by atoms with van der Waals surface area (Å²) >= 11 is 3.02. The molecule has 0 spiro atoms. The summed E-state index contributed by atoms with van der Waals surface area (Å²) in [5.74, 6) is 0.186. The minimum Gasteiger partial charge on any atom is -0.365 e. The van der Waals surface area contributed by atoms with Crippen molar-refractivity contribution >= 4 is 21.7 Å². The molecule has 0 radical (unpaired) electrons. The molecule has 8 heteroatoms. The van der Waals surface area contributed by atoms with Crippen LogP contribution in [0.5, 0.6) is 0 Å². The molecule has 0 aliphatic heterocycles. The third-order valence-electron chi connectivity index (χ3n) is 2.57. The maximum absolute atomic E-state index is 12.8. The second kappa shape index (κ2) is 5.66. The lowest BCUT2D eigenvalue weighted by Gasteiger charge is -2.13. The van der Waals surface area contributed by atoms with E-state index in [2.05, 4.69) is 31.2 Å². The number of halogens is 4. The number of nitrogens with one attached hydrogen (secondary N) is 2. The number of H-pyrrole nitrogens is 1. The largest absolute Gasteiger partial charge is 0.416 e. The molecule has 0 aliphatic rings. The molecule has 1 heterocycles. The number of rotatable bonds is 3. The van der Waals surface area contributed by atoms with Gasteiger partial charge >= 0.3 is 6.18 Å². The molecule has 2 aromatic rings. The number of hydrogen-bond acceptors (Lipinski definition) is 3. The average molecular weight is 348 g/mol. The number of aromatic nitrogens is 2. The van der Waals surface area contributed by atoms with E-state index in [4.69, 9.17) is 0 Å². The zero-order chi connectivity index (χ0) is 14.8. The van der Waals surface area contributed by atoms with Gasteiger partial charge in [-0.05, 0) is 27.6 Å². The van der Waals surface area contributed by atoms with E-state index >= 15 is 0 Å². The normalized spacial score (nSPS) is 11.4. The Kier molecular flexibility index (Phi) is 4.12. The number of aromatic amines is 1. The maximum atomic E-state index is 12.8. The molecule has 0 amide bonds. The summed E-state index contributed by atoms with van der Waals surface area (Å²) in [6, 6.07) is 5.23. The lowest BCUT2D eigenvalue weighted by molar-refractivity contribution is -0.138. The molecule has 0 fully saturated rings. The summed E-state index contributed by atoms with van der Waals surface area (Å²) in [4.78, 5) is 17.5. The van der Waals surface area contributed by atoms with Crippen LogP contribution < -0.4 is 10.9 Å². The Bertz CT molecular complexity index is 669. The van der Waals surface area contributed by atoms with E-state index in [0.29, 0.717) is 0 Å². The molecule has 0 bridgehead atoms. The van der Waals surface area contributed by atoms with Crippen LogP contribution in [0.1, 0.15) is 11.1 Å². The van der Waals surface area contributed by atoms with Gasteiger partial charge in [-0.15, -0.1) is 0 Å². The molecule has 106 valence electrons. The van der Waals surface area contributed by atoms with Gasteiger partial charge in [0, 0.05) is 6.54 Å². The van der Waals surface area contributed by atoms with Crippen molar-refractivity contribution < 1.29 is 13.2 Å². The molecule has 0 aliphatic carbocycles. The van der Waals surface area contributed by atoms with Gasteiger partial charge in [0.15, 0.2) is 0 Å². The van der Waals surface area contributed by atoms with E-state index in [1.165, 1.54) is 24.5 Å². The lowest BCUT2D eigenvalue weighted by atomic mass is 10.1. The predicted octanol–water partition coefficient (Wildman–Crippen LogP) is 3.16. The van der Waals surface area contributed by atoms with Gasteiger partial charge in [0.25, 0.3) is 5.56 Å². The molecule has 0 saturated carbocycles. The summed E-state index contributed by atoms with van der Waals surface area (Å²) < 4.78 is 38.6. The molecule has 0 saturated heterocycles. The zero-order valence-corrected chi connectivity index (χ0v) is 11.5. The topological polar surface area (TPSA) is 57.8 Å². The molecule has 4 nitrogen and oxygen atoms in total. The van der Waals surface area contributed by atoms with Crippen LogP contribution in [-0.2, 0) is 12.7 Å². The van der Waals surface area contributed by atoms with E-state index in [1.807, 2.05) is 0 Å². The fourth-order valence-corrected chi connectivity index (χ4v) is 1.99. The highest BCUT2D eigenvalue weighted by Gasteiger charge is 2.32. The molecule has 0 unspecified atom stereocenters. The second-order valence-electron chi connectivity index (χ2n) is 3.90. The van der Waals surface area contributed by atoms with Gasteiger partial charge in [-0.25, -0.2) is 4.98 Å². The number of hydrogen-bond donors (Lipinski definition) is 2. The van der Waals surface area contributed by atoms with Gasteiger partial charge in [0.2, 0.25) is 0 Å². The molecule has 1 aromatic carbocycles. The smallest absolute Gasteiger partial charge is 0.365 e. The van der Waals surface area contributed by atoms with Crippen LogP contribution in [0, 0.1) is 0 Å². The Morgan fingerprint density at radius 1 is 1.30 bits per heavy atom.